The van der Waals surface area contributed by atoms with Gasteiger partial charge in [-0.1, -0.05) is 35.7 Å². The standard InChI is InChI=1S/C6H14BrO4P/c1-2-3-4-5-6(7)11-12(8,9)10/h6H,2-5H2,1H3,(H2,8,9,10). The normalized spacial score (nSPS) is 14.7. The summed E-state index contributed by atoms with van der Waals surface area (Å²) in [4.78, 5) is 16.8. The third-order valence-electron chi connectivity index (χ3n) is 1.29. The number of unbranched alkanes of at least 4 members (excludes halogenated alkanes) is 2. The van der Waals surface area contributed by atoms with E-state index in [4.69, 9.17) is 9.79 Å². The molecule has 0 bridgehead atoms. The van der Waals surface area contributed by atoms with Gasteiger partial charge in [-0.05, 0) is 12.8 Å². The molecule has 0 spiro atoms. The van der Waals surface area contributed by atoms with Crippen molar-refractivity contribution in [3.8, 4) is 0 Å². The Morgan fingerprint density at radius 2 is 2.08 bits per heavy atom. The number of phosphoric ester groups is 1. The first-order valence-corrected chi connectivity index (χ1v) is 6.28. The Labute approximate surface area is 80.7 Å². The van der Waals surface area contributed by atoms with E-state index >= 15 is 0 Å². The summed E-state index contributed by atoms with van der Waals surface area (Å²) in [6.07, 6.45) is 3.66. The molecule has 0 aromatic carbocycles. The molecule has 74 valence electrons. The van der Waals surface area contributed by atoms with Crippen molar-refractivity contribution in [2.24, 2.45) is 0 Å². The lowest BCUT2D eigenvalue weighted by Gasteiger charge is -2.10. The Bertz CT molecular complexity index is 158. The van der Waals surface area contributed by atoms with Crippen molar-refractivity contribution in [1.82, 2.24) is 0 Å². The van der Waals surface area contributed by atoms with Gasteiger partial charge in [0.2, 0.25) is 0 Å². The van der Waals surface area contributed by atoms with Crippen LogP contribution in [0.25, 0.3) is 0 Å². The van der Waals surface area contributed by atoms with Gasteiger partial charge in [0, 0.05) is 0 Å². The summed E-state index contributed by atoms with van der Waals surface area (Å²) < 4.78 is 14.7. The number of alkyl halides is 1. The van der Waals surface area contributed by atoms with Gasteiger partial charge in [0.25, 0.3) is 0 Å². The first-order valence-electron chi connectivity index (χ1n) is 3.83. The van der Waals surface area contributed by atoms with Crippen LogP contribution < -0.4 is 0 Å². The van der Waals surface area contributed by atoms with Gasteiger partial charge in [-0.2, -0.15) is 0 Å². The second-order valence-corrected chi connectivity index (χ2v) is 4.72. The largest absolute Gasteiger partial charge is 0.470 e. The SMILES string of the molecule is CCCCCC(Br)OP(=O)(O)O. The molecular formula is C6H14BrO4P. The highest BCUT2D eigenvalue weighted by atomic mass is 79.9. The van der Waals surface area contributed by atoms with Crippen molar-refractivity contribution in [1.29, 1.82) is 0 Å². The average Bonchev–Trinajstić information content (AvgIpc) is 1.84. The Morgan fingerprint density at radius 1 is 1.50 bits per heavy atom. The molecule has 0 rings (SSSR count). The molecule has 0 saturated heterocycles. The summed E-state index contributed by atoms with van der Waals surface area (Å²) in [5.41, 5.74) is 0. The zero-order valence-electron chi connectivity index (χ0n) is 6.94. The van der Waals surface area contributed by atoms with Crippen molar-refractivity contribution in [3.63, 3.8) is 0 Å². The van der Waals surface area contributed by atoms with E-state index < -0.39 is 12.8 Å². The molecule has 0 aromatic rings. The smallest absolute Gasteiger partial charge is 0.303 e. The number of halogens is 1. The number of phosphoric acid groups is 1. The molecule has 2 N–H and O–H groups in total. The molecule has 0 heterocycles. The lowest BCUT2D eigenvalue weighted by molar-refractivity contribution is 0.179. The molecule has 12 heavy (non-hydrogen) atoms. The van der Waals surface area contributed by atoms with E-state index in [0.29, 0.717) is 6.42 Å². The predicted molar refractivity (Wildman–Crippen MR) is 50.0 cm³/mol. The Morgan fingerprint density at radius 3 is 2.50 bits per heavy atom. The highest BCUT2D eigenvalue weighted by Crippen LogP contribution is 2.40. The van der Waals surface area contributed by atoms with Crippen LogP contribution in [0.15, 0.2) is 0 Å². The topological polar surface area (TPSA) is 66.8 Å². The number of hydrogen-bond donors (Lipinski definition) is 2. The Balaban J connectivity index is 3.46. The Hall–Kier alpha value is 0.590. The Kier molecular flexibility index (Phi) is 6.41. The summed E-state index contributed by atoms with van der Waals surface area (Å²) >= 11 is 3.03. The molecule has 0 fully saturated rings. The first kappa shape index (κ1) is 12.6. The number of rotatable bonds is 6. The third kappa shape index (κ3) is 8.68. The zero-order chi connectivity index (χ0) is 9.61. The maximum Gasteiger partial charge on any atom is 0.470 e. The molecule has 6 heteroatoms. The number of hydrogen-bond acceptors (Lipinski definition) is 2. The molecule has 0 aliphatic rings. The summed E-state index contributed by atoms with van der Waals surface area (Å²) in [5.74, 6) is 0. The zero-order valence-corrected chi connectivity index (χ0v) is 9.42. The fraction of sp³-hybridized carbons (Fsp3) is 1.00. The van der Waals surface area contributed by atoms with Crippen molar-refractivity contribution < 1.29 is 18.9 Å². The monoisotopic (exact) mass is 260 g/mol. The lowest BCUT2D eigenvalue weighted by atomic mass is 10.2. The van der Waals surface area contributed by atoms with Crippen molar-refractivity contribution in [3.05, 3.63) is 0 Å². The van der Waals surface area contributed by atoms with Gasteiger partial charge in [-0.3, -0.25) is 4.52 Å². The molecule has 1 atom stereocenters. The fourth-order valence-corrected chi connectivity index (χ4v) is 2.14. The molecule has 0 amide bonds. The highest BCUT2D eigenvalue weighted by Gasteiger charge is 2.19. The second-order valence-electron chi connectivity index (χ2n) is 2.50. The summed E-state index contributed by atoms with van der Waals surface area (Å²) in [6, 6.07) is 0. The van der Waals surface area contributed by atoms with E-state index in [2.05, 4.69) is 27.4 Å². The van der Waals surface area contributed by atoms with E-state index in [9.17, 15) is 4.57 Å². The molecule has 0 saturated carbocycles. The van der Waals surface area contributed by atoms with E-state index in [-0.39, 0.29) is 0 Å². The van der Waals surface area contributed by atoms with Crippen LogP contribution in [0.4, 0.5) is 0 Å². The summed E-state index contributed by atoms with van der Waals surface area (Å²) in [6.45, 7) is 2.06. The van der Waals surface area contributed by atoms with E-state index in [1.54, 1.807) is 0 Å². The van der Waals surface area contributed by atoms with Crippen LogP contribution in [0.2, 0.25) is 0 Å². The molecule has 0 aromatic heterocycles. The van der Waals surface area contributed by atoms with Gasteiger partial charge in [0.1, 0.15) is 5.01 Å². The predicted octanol–water partition coefficient (Wildman–Crippen LogP) is 2.40. The van der Waals surface area contributed by atoms with Gasteiger partial charge < -0.3 is 9.79 Å². The first-order chi connectivity index (χ1) is 5.45. The third-order valence-corrected chi connectivity index (χ3v) is 2.75. The lowest BCUT2D eigenvalue weighted by Crippen LogP contribution is -2.01. The minimum atomic E-state index is -4.32. The molecule has 0 aliphatic carbocycles. The molecule has 0 aliphatic heterocycles. The van der Waals surface area contributed by atoms with Gasteiger partial charge in [-0.15, -0.1) is 0 Å². The fourth-order valence-electron chi connectivity index (χ4n) is 0.757. The van der Waals surface area contributed by atoms with Crippen molar-refractivity contribution >= 4 is 23.8 Å². The van der Waals surface area contributed by atoms with Crippen LogP contribution in [-0.2, 0) is 9.09 Å². The molecule has 4 nitrogen and oxygen atoms in total. The van der Waals surface area contributed by atoms with Gasteiger partial charge in [0.15, 0.2) is 0 Å². The van der Waals surface area contributed by atoms with Crippen molar-refractivity contribution in [2.45, 2.75) is 37.6 Å². The molecular weight excluding hydrogens is 247 g/mol. The quantitative estimate of drug-likeness (QED) is 0.437. The average molecular weight is 261 g/mol. The van der Waals surface area contributed by atoms with E-state index in [1.165, 1.54) is 0 Å². The minimum Gasteiger partial charge on any atom is -0.303 e. The highest BCUT2D eigenvalue weighted by molar-refractivity contribution is 9.09. The van der Waals surface area contributed by atoms with Gasteiger partial charge in [-0.25, -0.2) is 4.57 Å². The summed E-state index contributed by atoms with van der Waals surface area (Å²) in [5, 5.41) is -0.537. The van der Waals surface area contributed by atoms with Crippen LogP contribution in [-0.4, -0.2) is 14.8 Å². The van der Waals surface area contributed by atoms with Crippen LogP contribution >= 0.6 is 23.8 Å². The molecule has 0 radical (unpaired) electrons. The van der Waals surface area contributed by atoms with Crippen LogP contribution in [0.3, 0.4) is 0 Å². The minimum absolute atomic E-state index is 0.537. The second kappa shape index (κ2) is 6.11. The van der Waals surface area contributed by atoms with Crippen LogP contribution in [0.5, 0.6) is 0 Å². The van der Waals surface area contributed by atoms with E-state index in [0.717, 1.165) is 19.3 Å². The van der Waals surface area contributed by atoms with Crippen LogP contribution in [0.1, 0.15) is 32.6 Å². The maximum atomic E-state index is 10.3. The van der Waals surface area contributed by atoms with Crippen molar-refractivity contribution in [2.75, 3.05) is 0 Å². The van der Waals surface area contributed by atoms with E-state index in [1.807, 2.05) is 0 Å². The van der Waals surface area contributed by atoms with Gasteiger partial charge >= 0.3 is 7.82 Å². The van der Waals surface area contributed by atoms with Crippen LogP contribution in [0, 0.1) is 0 Å². The summed E-state index contributed by atoms with van der Waals surface area (Å²) in [7, 11) is -4.32. The van der Waals surface area contributed by atoms with Gasteiger partial charge in [0.05, 0.1) is 0 Å². The molecule has 1 unspecified atom stereocenters. The maximum absolute atomic E-state index is 10.3.